The molecule has 0 bridgehead atoms. The fraction of sp³-hybridized carbons (Fsp3) is 0.320. The van der Waals surface area contributed by atoms with Gasteiger partial charge in [0.2, 0.25) is 5.95 Å². The van der Waals surface area contributed by atoms with Crippen LogP contribution in [0.1, 0.15) is 48.8 Å². The molecule has 0 aliphatic heterocycles. The molecule has 0 atom stereocenters. The molecule has 1 aromatic heterocycles. The van der Waals surface area contributed by atoms with E-state index in [1.807, 2.05) is 36.4 Å². The highest BCUT2D eigenvalue weighted by molar-refractivity contribution is 6.03. The Balaban J connectivity index is 1.74. The van der Waals surface area contributed by atoms with Crippen molar-refractivity contribution in [3.63, 3.8) is 0 Å². The highest BCUT2D eigenvalue weighted by atomic mass is 16.5. The van der Waals surface area contributed by atoms with E-state index in [0.717, 1.165) is 29.2 Å². The van der Waals surface area contributed by atoms with E-state index in [0.29, 0.717) is 30.2 Å². The number of aryl methyl sites for hydroxylation is 1. The van der Waals surface area contributed by atoms with Gasteiger partial charge in [0.15, 0.2) is 5.78 Å². The van der Waals surface area contributed by atoms with Crippen molar-refractivity contribution in [1.29, 1.82) is 0 Å². The van der Waals surface area contributed by atoms with Crippen LogP contribution in [0.25, 0.3) is 0 Å². The summed E-state index contributed by atoms with van der Waals surface area (Å²) in [6, 6.07) is 15.8. The van der Waals surface area contributed by atoms with Gasteiger partial charge in [0.1, 0.15) is 11.6 Å². The highest BCUT2D eigenvalue weighted by Crippen LogP contribution is 2.38. The number of ether oxygens (including phenoxy) is 1. The first-order chi connectivity index (χ1) is 14.9. The summed E-state index contributed by atoms with van der Waals surface area (Å²) in [4.78, 5) is 22.4. The Morgan fingerprint density at radius 3 is 2.48 bits per heavy atom. The van der Waals surface area contributed by atoms with Crippen molar-refractivity contribution < 1.29 is 9.53 Å². The summed E-state index contributed by atoms with van der Waals surface area (Å²) in [5.74, 6) is 1.79. The normalized spacial score (nSPS) is 14.6. The number of aromatic nitrogens is 2. The zero-order valence-corrected chi connectivity index (χ0v) is 18.5. The van der Waals surface area contributed by atoms with Crippen molar-refractivity contribution in [3.8, 4) is 5.75 Å². The number of fused-ring (bicyclic) bond motifs is 1. The van der Waals surface area contributed by atoms with Gasteiger partial charge in [-0.3, -0.25) is 4.79 Å². The molecule has 0 saturated carbocycles. The second-order valence-corrected chi connectivity index (χ2v) is 8.69. The average Bonchev–Trinajstić information content (AvgIpc) is 2.73. The maximum absolute atomic E-state index is 13.0. The van der Waals surface area contributed by atoms with E-state index in [1.165, 1.54) is 5.56 Å². The summed E-state index contributed by atoms with van der Waals surface area (Å²) in [6.45, 7) is 6.33. The predicted octanol–water partition coefficient (Wildman–Crippen LogP) is 5.69. The molecule has 6 nitrogen and oxygen atoms in total. The van der Waals surface area contributed by atoms with Gasteiger partial charge in [0.05, 0.1) is 18.4 Å². The summed E-state index contributed by atoms with van der Waals surface area (Å²) in [6.07, 6.45) is 2.18. The Labute approximate surface area is 183 Å². The Kier molecular flexibility index (Phi) is 5.63. The number of hydrogen-bond acceptors (Lipinski definition) is 6. The first-order valence-electron chi connectivity index (χ1n) is 10.6. The van der Waals surface area contributed by atoms with Crippen molar-refractivity contribution in [2.24, 2.45) is 5.41 Å². The van der Waals surface area contributed by atoms with Gasteiger partial charge in [-0.15, -0.1) is 0 Å². The van der Waals surface area contributed by atoms with Gasteiger partial charge in [-0.25, -0.2) is 4.98 Å². The van der Waals surface area contributed by atoms with Crippen LogP contribution in [0.4, 0.5) is 23.1 Å². The van der Waals surface area contributed by atoms with Crippen LogP contribution in [-0.2, 0) is 12.8 Å². The fourth-order valence-corrected chi connectivity index (χ4v) is 3.90. The summed E-state index contributed by atoms with van der Waals surface area (Å²) in [5, 5.41) is 6.62. The van der Waals surface area contributed by atoms with E-state index in [2.05, 4.69) is 48.5 Å². The fourth-order valence-electron chi connectivity index (χ4n) is 3.90. The third-order valence-corrected chi connectivity index (χ3v) is 5.50. The minimum Gasteiger partial charge on any atom is -0.497 e. The number of methoxy groups -OCH3 is 1. The average molecular weight is 417 g/mol. The SMILES string of the molecule is CCc1ccc(Nc2nc3c(c(Nc4cccc(OC)c4)n2)C(=O)CC(C)(C)C3)cc1. The first-order valence-corrected chi connectivity index (χ1v) is 10.6. The van der Waals surface area contributed by atoms with E-state index in [-0.39, 0.29) is 11.2 Å². The smallest absolute Gasteiger partial charge is 0.229 e. The van der Waals surface area contributed by atoms with Crippen molar-refractivity contribution in [2.45, 2.75) is 40.0 Å². The van der Waals surface area contributed by atoms with Gasteiger partial charge in [-0.2, -0.15) is 4.98 Å². The molecule has 0 amide bonds. The van der Waals surface area contributed by atoms with Gasteiger partial charge in [0, 0.05) is 23.9 Å². The third-order valence-electron chi connectivity index (χ3n) is 5.50. The quantitative estimate of drug-likeness (QED) is 0.538. The van der Waals surface area contributed by atoms with E-state index < -0.39 is 0 Å². The molecule has 0 radical (unpaired) electrons. The van der Waals surface area contributed by atoms with Crippen molar-refractivity contribution in [1.82, 2.24) is 9.97 Å². The number of Topliss-reactive ketones (excluding diaryl/α,β-unsaturated/α-hetero) is 1. The Morgan fingerprint density at radius 1 is 1.00 bits per heavy atom. The predicted molar refractivity (Wildman–Crippen MR) is 124 cm³/mol. The molecule has 3 aromatic rings. The standard InChI is InChI=1S/C25H28N4O2/c1-5-16-9-11-17(12-10-16)27-24-28-20-14-25(2,3)15-21(30)22(20)23(29-24)26-18-7-6-8-19(13-18)31-4/h6-13H,5,14-15H2,1-4H3,(H2,26,27,28,29). The minimum absolute atomic E-state index is 0.0653. The molecule has 1 aliphatic rings. The molecule has 0 spiro atoms. The van der Waals surface area contributed by atoms with Gasteiger partial charge in [-0.05, 0) is 48.1 Å². The van der Waals surface area contributed by atoms with E-state index >= 15 is 0 Å². The molecule has 4 rings (SSSR count). The van der Waals surface area contributed by atoms with Crippen molar-refractivity contribution >= 4 is 28.9 Å². The second kappa shape index (κ2) is 8.38. The van der Waals surface area contributed by atoms with Crippen LogP contribution in [0.2, 0.25) is 0 Å². The third kappa shape index (κ3) is 4.68. The number of nitrogens with zero attached hydrogens (tertiary/aromatic N) is 2. The number of carbonyl (C=O) groups is 1. The topological polar surface area (TPSA) is 76.1 Å². The van der Waals surface area contributed by atoms with Crippen LogP contribution >= 0.6 is 0 Å². The summed E-state index contributed by atoms with van der Waals surface area (Å²) in [5.41, 5.74) is 4.20. The summed E-state index contributed by atoms with van der Waals surface area (Å²) >= 11 is 0. The lowest BCUT2D eigenvalue weighted by Crippen LogP contribution is -2.29. The van der Waals surface area contributed by atoms with Gasteiger partial charge in [-0.1, -0.05) is 39.0 Å². The van der Waals surface area contributed by atoms with E-state index in [4.69, 9.17) is 9.72 Å². The zero-order valence-electron chi connectivity index (χ0n) is 18.5. The number of nitrogens with one attached hydrogen (secondary N) is 2. The number of anilines is 4. The molecule has 6 heteroatoms. The van der Waals surface area contributed by atoms with E-state index in [9.17, 15) is 4.79 Å². The maximum Gasteiger partial charge on any atom is 0.229 e. The largest absolute Gasteiger partial charge is 0.497 e. The van der Waals surface area contributed by atoms with Crippen LogP contribution in [-0.4, -0.2) is 22.9 Å². The maximum atomic E-state index is 13.0. The Bertz CT molecular complexity index is 1110. The number of rotatable bonds is 6. The number of hydrogen-bond donors (Lipinski definition) is 2. The molecule has 2 aromatic carbocycles. The second-order valence-electron chi connectivity index (χ2n) is 8.69. The van der Waals surface area contributed by atoms with Crippen LogP contribution in [0.5, 0.6) is 5.75 Å². The number of benzene rings is 2. The Morgan fingerprint density at radius 2 is 1.77 bits per heavy atom. The lowest BCUT2D eigenvalue weighted by atomic mass is 9.75. The lowest BCUT2D eigenvalue weighted by molar-refractivity contribution is 0.0911. The number of ketones is 1. The van der Waals surface area contributed by atoms with Gasteiger partial charge >= 0.3 is 0 Å². The molecule has 0 saturated heterocycles. The molecule has 0 unspecified atom stereocenters. The van der Waals surface area contributed by atoms with E-state index in [1.54, 1.807) is 7.11 Å². The van der Waals surface area contributed by atoms with Gasteiger partial charge in [0.25, 0.3) is 0 Å². The molecular weight excluding hydrogens is 388 g/mol. The lowest BCUT2D eigenvalue weighted by Gasteiger charge is -2.30. The Hall–Kier alpha value is -3.41. The first kappa shape index (κ1) is 20.8. The zero-order chi connectivity index (χ0) is 22.0. The molecule has 1 aliphatic carbocycles. The van der Waals surface area contributed by atoms with Crippen LogP contribution in [0, 0.1) is 5.41 Å². The molecule has 0 fully saturated rings. The summed E-state index contributed by atoms with van der Waals surface area (Å²) in [7, 11) is 1.63. The highest BCUT2D eigenvalue weighted by Gasteiger charge is 2.35. The molecule has 2 N–H and O–H groups in total. The van der Waals surface area contributed by atoms with Gasteiger partial charge < -0.3 is 15.4 Å². The van der Waals surface area contributed by atoms with Crippen LogP contribution < -0.4 is 15.4 Å². The molecule has 31 heavy (non-hydrogen) atoms. The molecule has 1 heterocycles. The molecular formula is C25H28N4O2. The van der Waals surface area contributed by atoms with Crippen molar-refractivity contribution in [3.05, 3.63) is 65.4 Å². The monoisotopic (exact) mass is 416 g/mol. The minimum atomic E-state index is -0.133. The summed E-state index contributed by atoms with van der Waals surface area (Å²) < 4.78 is 5.32. The van der Waals surface area contributed by atoms with Crippen molar-refractivity contribution in [2.75, 3.05) is 17.7 Å². The van der Waals surface area contributed by atoms with Crippen LogP contribution in [0.15, 0.2) is 48.5 Å². The number of carbonyl (C=O) groups excluding carboxylic acids is 1. The molecule has 160 valence electrons. The van der Waals surface area contributed by atoms with Crippen LogP contribution in [0.3, 0.4) is 0 Å².